The van der Waals surface area contributed by atoms with Gasteiger partial charge in [-0.15, -0.1) is 0 Å². The van der Waals surface area contributed by atoms with Crippen LogP contribution in [0.15, 0.2) is 18.2 Å². The lowest BCUT2D eigenvalue weighted by Gasteiger charge is -2.08. The molecular weight excluding hydrogens is 252 g/mol. The van der Waals surface area contributed by atoms with Crippen molar-refractivity contribution in [2.45, 2.75) is 58.9 Å². The van der Waals surface area contributed by atoms with Crippen LogP contribution in [0.1, 0.15) is 56.6 Å². The Bertz CT molecular complexity index is 419. The number of benzene rings is 1. The quantitative estimate of drug-likeness (QED) is 0.393. The Balaban J connectivity index is 2.25. The molecule has 112 valence electrons. The summed E-state index contributed by atoms with van der Waals surface area (Å²) in [5.41, 5.74) is 2.00. The summed E-state index contributed by atoms with van der Waals surface area (Å²) in [5, 5.41) is 14.2. The molecule has 1 aromatic rings. The number of nitrogens with zero attached hydrogens (tertiary/aromatic N) is 1. The van der Waals surface area contributed by atoms with Crippen molar-refractivity contribution in [3.63, 3.8) is 0 Å². The highest BCUT2D eigenvalue weighted by Crippen LogP contribution is 2.20. The second-order valence-electron chi connectivity index (χ2n) is 5.26. The van der Waals surface area contributed by atoms with Gasteiger partial charge in [0.2, 0.25) is 0 Å². The molecule has 0 aliphatic heterocycles. The molecule has 0 spiro atoms. The van der Waals surface area contributed by atoms with Crippen molar-refractivity contribution in [2.24, 2.45) is 0 Å². The third-order valence-electron chi connectivity index (χ3n) is 3.64. The van der Waals surface area contributed by atoms with Crippen molar-refractivity contribution in [3.05, 3.63) is 39.4 Å². The Morgan fingerprint density at radius 2 is 1.85 bits per heavy atom. The highest BCUT2D eigenvalue weighted by Gasteiger charge is 2.12. The SMILES string of the molecule is CCCCCCCCNCc1cccc([N+](=O)[O-])c1C. The Morgan fingerprint density at radius 3 is 2.55 bits per heavy atom. The number of nitro benzene ring substituents is 1. The third kappa shape index (κ3) is 5.70. The first kappa shape index (κ1) is 16.6. The number of nitro groups is 1. The minimum atomic E-state index is -0.313. The number of hydrogen-bond donors (Lipinski definition) is 1. The molecule has 1 N–H and O–H groups in total. The van der Waals surface area contributed by atoms with Crippen LogP contribution in [0.4, 0.5) is 5.69 Å². The molecular formula is C16H26N2O2. The second kappa shape index (κ2) is 9.48. The summed E-state index contributed by atoms with van der Waals surface area (Å²) in [6.45, 7) is 5.74. The minimum absolute atomic E-state index is 0.212. The zero-order chi connectivity index (χ0) is 14.8. The van der Waals surface area contributed by atoms with E-state index in [0.29, 0.717) is 6.54 Å². The fourth-order valence-electron chi connectivity index (χ4n) is 2.31. The van der Waals surface area contributed by atoms with Gasteiger partial charge in [0.25, 0.3) is 5.69 Å². The highest BCUT2D eigenvalue weighted by atomic mass is 16.6. The molecule has 0 unspecified atom stereocenters. The van der Waals surface area contributed by atoms with Crippen molar-refractivity contribution in [1.82, 2.24) is 5.32 Å². The van der Waals surface area contributed by atoms with Crippen LogP contribution in [0.25, 0.3) is 0 Å². The van der Waals surface area contributed by atoms with Crippen molar-refractivity contribution in [1.29, 1.82) is 0 Å². The van der Waals surface area contributed by atoms with Crippen molar-refractivity contribution in [2.75, 3.05) is 6.54 Å². The lowest BCUT2D eigenvalue weighted by Crippen LogP contribution is -2.15. The molecule has 0 atom stereocenters. The van der Waals surface area contributed by atoms with Gasteiger partial charge in [0.1, 0.15) is 0 Å². The van der Waals surface area contributed by atoms with E-state index < -0.39 is 0 Å². The van der Waals surface area contributed by atoms with E-state index in [1.807, 2.05) is 13.0 Å². The van der Waals surface area contributed by atoms with Gasteiger partial charge >= 0.3 is 0 Å². The summed E-state index contributed by atoms with van der Waals surface area (Å²) < 4.78 is 0. The van der Waals surface area contributed by atoms with Gasteiger partial charge in [-0.3, -0.25) is 10.1 Å². The maximum atomic E-state index is 10.9. The van der Waals surface area contributed by atoms with Crippen LogP contribution in [0.3, 0.4) is 0 Å². The van der Waals surface area contributed by atoms with E-state index in [2.05, 4.69) is 12.2 Å². The van der Waals surface area contributed by atoms with Crippen molar-refractivity contribution in [3.8, 4) is 0 Å². The fourth-order valence-corrected chi connectivity index (χ4v) is 2.31. The predicted octanol–water partition coefficient (Wildman–Crippen LogP) is 4.35. The number of unbranched alkanes of at least 4 members (excludes halogenated alkanes) is 5. The smallest absolute Gasteiger partial charge is 0.272 e. The van der Waals surface area contributed by atoms with E-state index in [4.69, 9.17) is 0 Å². The first-order valence-electron chi connectivity index (χ1n) is 7.60. The zero-order valence-corrected chi connectivity index (χ0v) is 12.7. The van der Waals surface area contributed by atoms with Gasteiger partial charge in [0, 0.05) is 18.2 Å². The summed E-state index contributed by atoms with van der Waals surface area (Å²) in [5.74, 6) is 0. The van der Waals surface area contributed by atoms with Gasteiger partial charge < -0.3 is 5.32 Å². The standard InChI is InChI=1S/C16H26N2O2/c1-3-4-5-6-7-8-12-17-13-15-10-9-11-16(14(15)2)18(19)20/h9-11,17H,3-8,12-13H2,1-2H3. The van der Waals surface area contributed by atoms with E-state index in [0.717, 1.165) is 17.7 Å². The summed E-state index contributed by atoms with van der Waals surface area (Å²) >= 11 is 0. The minimum Gasteiger partial charge on any atom is -0.313 e. The molecule has 1 aromatic carbocycles. The van der Waals surface area contributed by atoms with E-state index >= 15 is 0 Å². The van der Waals surface area contributed by atoms with Crippen LogP contribution in [-0.2, 0) is 6.54 Å². The summed E-state index contributed by atoms with van der Waals surface area (Å²) in [6, 6.07) is 5.27. The average Bonchev–Trinajstić information content (AvgIpc) is 2.43. The van der Waals surface area contributed by atoms with Crippen molar-refractivity contribution < 1.29 is 4.92 Å². The Morgan fingerprint density at radius 1 is 1.15 bits per heavy atom. The molecule has 0 aromatic heterocycles. The lowest BCUT2D eigenvalue weighted by atomic mass is 10.1. The number of hydrogen-bond acceptors (Lipinski definition) is 3. The van der Waals surface area contributed by atoms with Crippen molar-refractivity contribution >= 4 is 5.69 Å². The van der Waals surface area contributed by atoms with Crippen LogP contribution in [0.2, 0.25) is 0 Å². The van der Waals surface area contributed by atoms with Crippen LogP contribution in [0.5, 0.6) is 0 Å². The van der Waals surface area contributed by atoms with E-state index in [1.54, 1.807) is 12.1 Å². The Hall–Kier alpha value is -1.42. The van der Waals surface area contributed by atoms with Gasteiger partial charge in [-0.1, -0.05) is 51.2 Å². The first-order valence-corrected chi connectivity index (χ1v) is 7.60. The molecule has 0 heterocycles. The Labute approximate surface area is 121 Å². The molecule has 20 heavy (non-hydrogen) atoms. The predicted molar refractivity (Wildman–Crippen MR) is 82.9 cm³/mol. The number of nitrogens with one attached hydrogen (secondary N) is 1. The maximum absolute atomic E-state index is 10.9. The topological polar surface area (TPSA) is 55.2 Å². The van der Waals surface area contributed by atoms with Crippen LogP contribution < -0.4 is 5.32 Å². The number of rotatable bonds is 10. The van der Waals surface area contributed by atoms with E-state index in [1.165, 1.54) is 38.5 Å². The third-order valence-corrected chi connectivity index (χ3v) is 3.64. The van der Waals surface area contributed by atoms with Gasteiger partial charge in [-0.25, -0.2) is 0 Å². The zero-order valence-electron chi connectivity index (χ0n) is 12.7. The molecule has 0 aliphatic rings. The van der Waals surface area contributed by atoms with Gasteiger partial charge in [0.15, 0.2) is 0 Å². The lowest BCUT2D eigenvalue weighted by molar-refractivity contribution is -0.385. The highest BCUT2D eigenvalue weighted by molar-refractivity contribution is 5.44. The maximum Gasteiger partial charge on any atom is 0.272 e. The van der Waals surface area contributed by atoms with E-state index in [-0.39, 0.29) is 10.6 Å². The van der Waals surface area contributed by atoms with Crippen LogP contribution in [-0.4, -0.2) is 11.5 Å². The van der Waals surface area contributed by atoms with Crippen LogP contribution in [0, 0.1) is 17.0 Å². The molecule has 1 rings (SSSR count). The van der Waals surface area contributed by atoms with Gasteiger partial charge in [-0.2, -0.15) is 0 Å². The average molecular weight is 278 g/mol. The first-order chi connectivity index (χ1) is 9.66. The van der Waals surface area contributed by atoms with Gasteiger partial charge in [-0.05, 0) is 25.5 Å². The van der Waals surface area contributed by atoms with Gasteiger partial charge in [0.05, 0.1) is 4.92 Å². The van der Waals surface area contributed by atoms with E-state index in [9.17, 15) is 10.1 Å². The fraction of sp³-hybridized carbons (Fsp3) is 0.625. The van der Waals surface area contributed by atoms with Crippen LogP contribution >= 0.6 is 0 Å². The summed E-state index contributed by atoms with van der Waals surface area (Å²) in [4.78, 5) is 10.5. The molecule has 4 nitrogen and oxygen atoms in total. The summed E-state index contributed by atoms with van der Waals surface area (Å²) in [6.07, 6.45) is 7.70. The molecule has 4 heteroatoms. The molecule has 0 radical (unpaired) electrons. The largest absolute Gasteiger partial charge is 0.313 e. The molecule has 0 amide bonds. The molecule has 0 saturated heterocycles. The normalized spacial score (nSPS) is 10.7. The molecule has 0 aliphatic carbocycles. The Kier molecular flexibility index (Phi) is 7.88. The monoisotopic (exact) mass is 278 g/mol. The molecule has 0 fully saturated rings. The summed E-state index contributed by atoms with van der Waals surface area (Å²) in [7, 11) is 0. The molecule has 0 bridgehead atoms. The second-order valence-corrected chi connectivity index (χ2v) is 5.26. The molecule has 0 saturated carbocycles.